The monoisotopic (exact) mass is 376 g/mol. The summed E-state index contributed by atoms with van der Waals surface area (Å²) < 4.78 is 47.6. The lowest BCUT2D eigenvalue weighted by Gasteiger charge is -2.29. The fourth-order valence-electron chi connectivity index (χ4n) is 4.24. The first kappa shape index (κ1) is 19.8. The highest BCUT2D eigenvalue weighted by Gasteiger charge is 2.24. The predicted octanol–water partition coefficient (Wildman–Crippen LogP) is 7.24. The number of hydrogen-bond acceptors (Lipinski definition) is 1. The average molecular weight is 376 g/mol. The molecule has 1 nitrogen and oxygen atoms in total. The second-order valence-corrected chi connectivity index (χ2v) is 7.56. The van der Waals surface area contributed by atoms with Gasteiger partial charge in [0.05, 0.1) is 12.7 Å². The first-order valence-corrected chi connectivity index (χ1v) is 9.86. The van der Waals surface area contributed by atoms with Crippen LogP contribution < -0.4 is 4.74 Å². The summed E-state index contributed by atoms with van der Waals surface area (Å²) >= 11 is 0. The number of hydrogen-bond donors (Lipinski definition) is 0. The second kappa shape index (κ2) is 8.81. The minimum absolute atomic E-state index is 0.00409. The molecule has 0 spiro atoms. The maximum atomic E-state index is 14.8. The Hall–Kier alpha value is -1.97. The first-order chi connectivity index (χ1) is 13.0. The molecule has 0 saturated heterocycles. The summed E-state index contributed by atoms with van der Waals surface area (Å²) in [7, 11) is 1.32. The van der Waals surface area contributed by atoms with Crippen LogP contribution in [-0.4, -0.2) is 7.11 Å². The van der Waals surface area contributed by atoms with E-state index in [0.717, 1.165) is 36.5 Å². The molecule has 0 N–H and O–H groups in total. The predicted molar refractivity (Wildman–Crippen MR) is 103 cm³/mol. The smallest absolute Gasteiger partial charge is 0.137 e. The van der Waals surface area contributed by atoms with Crippen molar-refractivity contribution in [2.24, 2.45) is 5.92 Å². The molecule has 1 fully saturated rings. The molecule has 0 aromatic heterocycles. The van der Waals surface area contributed by atoms with Gasteiger partial charge in [0.2, 0.25) is 0 Å². The van der Waals surface area contributed by atoms with Crippen LogP contribution in [0.15, 0.2) is 30.3 Å². The summed E-state index contributed by atoms with van der Waals surface area (Å²) in [6.45, 7) is 2.22. The Morgan fingerprint density at radius 3 is 2.33 bits per heavy atom. The third-order valence-corrected chi connectivity index (χ3v) is 5.79. The number of halogens is 3. The lowest BCUT2D eigenvalue weighted by atomic mass is 9.77. The maximum absolute atomic E-state index is 14.8. The molecule has 1 aliphatic rings. The van der Waals surface area contributed by atoms with Crippen molar-refractivity contribution in [2.45, 2.75) is 57.8 Å². The van der Waals surface area contributed by atoms with Crippen LogP contribution in [0, 0.1) is 23.4 Å². The standard InChI is InChI=1S/C23H27F3O/c1-3-4-5-15-6-8-16(9-7-15)17-10-11-19(20(25)12-17)23-21(26)13-18(24)14-22(23)27-2/h10-16H,3-9H2,1-2H3. The Kier molecular flexibility index (Phi) is 6.46. The first-order valence-electron chi connectivity index (χ1n) is 9.86. The van der Waals surface area contributed by atoms with Gasteiger partial charge >= 0.3 is 0 Å². The Bertz CT molecular complexity index is 779. The zero-order valence-electron chi connectivity index (χ0n) is 16.0. The SMILES string of the molecule is CCCCC1CCC(c2ccc(-c3c(F)cc(F)cc3OC)c(F)c2)CC1. The van der Waals surface area contributed by atoms with Gasteiger partial charge in [-0.25, -0.2) is 13.2 Å². The minimum Gasteiger partial charge on any atom is -0.496 e. The lowest BCUT2D eigenvalue weighted by molar-refractivity contribution is 0.304. The number of rotatable bonds is 6. The highest BCUT2D eigenvalue weighted by Crippen LogP contribution is 2.40. The highest BCUT2D eigenvalue weighted by molar-refractivity contribution is 5.72. The second-order valence-electron chi connectivity index (χ2n) is 7.56. The van der Waals surface area contributed by atoms with Gasteiger partial charge < -0.3 is 4.74 Å². The number of ether oxygens (including phenoxy) is 1. The van der Waals surface area contributed by atoms with Crippen molar-refractivity contribution in [3.63, 3.8) is 0 Å². The van der Waals surface area contributed by atoms with E-state index in [-0.39, 0.29) is 16.9 Å². The molecule has 0 radical (unpaired) electrons. The van der Waals surface area contributed by atoms with Gasteiger partial charge in [-0.15, -0.1) is 0 Å². The van der Waals surface area contributed by atoms with Crippen LogP contribution in [-0.2, 0) is 0 Å². The summed E-state index contributed by atoms with van der Waals surface area (Å²) in [4.78, 5) is 0. The van der Waals surface area contributed by atoms with Crippen LogP contribution in [0.2, 0.25) is 0 Å². The average Bonchev–Trinajstić information content (AvgIpc) is 2.66. The summed E-state index contributed by atoms with van der Waals surface area (Å²) in [5, 5.41) is 0. The van der Waals surface area contributed by atoms with Gasteiger partial charge in [-0.2, -0.15) is 0 Å². The molecular weight excluding hydrogens is 349 g/mol. The Labute approximate surface area is 159 Å². The van der Waals surface area contributed by atoms with Crippen molar-refractivity contribution in [1.29, 1.82) is 0 Å². The fraction of sp³-hybridized carbons (Fsp3) is 0.478. The molecule has 0 atom stereocenters. The van der Waals surface area contributed by atoms with E-state index in [0.29, 0.717) is 5.92 Å². The molecule has 0 aliphatic heterocycles. The molecule has 2 aromatic carbocycles. The van der Waals surface area contributed by atoms with Crippen LogP contribution in [0.5, 0.6) is 5.75 Å². The third kappa shape index (κ3) is 4.48. The molecule has 146 valence electrons. The van der Waals surface area contributed by atoms with Crippen molar-refractivity contribution < 1.29 is 17.9 Å². The highest BCUT2D eigenvalue weighted by atomic mass is 19.1. The van der Waals surface area contributed by atoms with Crippen molar-refractivity contribution in [3.05, 3.63) is 53.3 Å². The lowest BCUT2D eigenvalue weighted by Crippen LogP contribution is -2.13. The molecule has 0 bridgehead atoms. The molecule has 1 aliphatic carbocycles. The molecule has 0 amide bonds. The van der Waals surface area contributed by atoms with E-state index in [2.05, 4.69) is 6.92 Å². The Morgan fingerprint density at radius 2 is 1.70 bits per heavy atom. The van der Waals surface area contributed by atoms with E-state index >= 15 is 0 Å². The summed E-state index contributed by atoms with van der Waals surface area (Å²) in [5.74, 6) is -0.922. The van der Waals surface area contributed by atoms with Crippen molar-refractivity contribution in [2.75, 3.05) is 7.11 Å². The Balaban J connectivity index is 1.80. The molecule has 3 rings (SSSR count). The molecule has 4 heteroatoms. The molecular formula is C23H27F3O. The van der Waals surface area contributed by atoms with Crippen LogP contribution in [0.25, 0.3) is 11.1 Å². The van der Waals surface area contributed by atoms with E-state index in [4.69, 9.17) is 4.74 Å². The summed E-state index contributed by atoms with van der Waals surface area (Å²) in [6.07, 6.45) is 8.32. The number of unbranched alkanes of at least 4 members (excludes halogenated alkanes) is 1. The summed E-state index contributed by atoms with van der Waals surface area (Å²) in [6, 6.07) is 6.80. The minimum atomic E-state index is -0.824. The normalized spacial score (nSPS) is 19.9. The van der Waals surface area contributed by atoms with Gasteiger partial charge in [-0.05, 0) is 49.1 Å². The zero-order valence-corrected chi connectivity index (χ0v) is 16.0. The van der Waals surface area contributed by atoms with E-state index in [1.165, 1.54) is 45.3 Å². The van der Waals surface area contributed by atoms with Gasteiger partial charge in [0.15, 0.2) is 0 Å². The largest absolute Gasteiger partial charge is 0.496 e. The van der Waals surface area contributed by atoms with Crippen molar-refractivity contribution >= 4 is 0 Å². The number of benzene rings is 2. The quantitative estimate of drug-likeness (QED) is 0.516. The van der Waals surface area contributed by atoms with Gasteiger partial charge in [-0.1, -0.05) is 38.3 Å². The van der Waals surface area contributed by atoms with Crippen LogP contribution >= 0.6 is 0 Å². The van der Waals surface area contributed by atoms with E-state index < -0.39 is 17.5 Å². The molecule has 0 heterocycles. The third-order valence-electron chi connectivity index (χ3n) is 5.79. The van der Waals surface area contributed by atoms with Crippen molar-refractivity contribution in [3.8, 4) is 16.9 Å². The van der Waals surface area contributed by atoms with Crippen molar-refractivity contribution in [1.82, 2.24) is 0 Å². The van der Waals surface area contributed by atoms with Crippen LogP contribution in [0.3, 0.4) is 0 Å². The van der Waals surface area contributed by atoms with Crippen LogP contribution in [0.1, 0.15) is 63.4 Å². The van der Waals surface area contributed by atoms with Gasteiger partial charge in [-0.3, -0.25) is 0 Å². The maximum Gasteiger partial charge on any atom is 0.137 e. The van der Waals surface area contributed by atoms with Gasteiger partial charge in [0, 0.05) is 17.7 Å². The fourth-order valence-corrected chi connectivity index (χ4v) is 4.24. The van der Waals surface area contributed by atoms with Crippen LogP contribution in [0.4, 0.5) is 13.2 Å². The van der Waals surface area contributed by atoms with Gasteiger partial charge in [0.25, 0.3) is 0 Å². The number of methoxy groups -OCH3 is 1. The molecule has 1 saturated carbocycles. The van der Waals surface area contributed by atoms with E-state index in [9.17, 15) is 13.2 Å². The molecule has 27 heavy (non-hydrogen) atoms. The zero-order chi connectivity index (χ0) is 19.4. The van der Waals surface area contributed by atoms with E-state index in [1.807, 2.05) is 6.07 Å². The Morgan fingerprint density at radius 1 is 0.963 bits per heavy atom. The van der Waals surface area contributed by atoms with Gasteiger partial charge in [0.1, 0.15) is 23.2 Å². The topological polar surface area (TPSA) is 9.23 Å². The van der Waals surface area contributed by atoms with E-state index in [1.54, 1.807) is 6.07 Å². The summed E-state index contributed by atoms with van der Waals surface area (Å²) in [5.41, 5.74) is 1.03. The molecule has 2 aromatic rings. The molecule has 0 unspecified atom stereocenters.